The largest absolute Gasteiger partial charge is 0.457 e. The highest BCUT2D eigenvalue weighted by molar-refractivity contribution is 5.86. The molecule has 1 fully saturated rings. The fraction of sp³-hybridized carbons (Fsp3) is 0.130. The number of para-hydroxylation sites is 2. The van der Waals surface area contributed by atoms with E-state index in [9.17, 15) is 9.18 Å². The van der Waals surface area contributed by atoms with Gasteiger partial charge < -0.3 is 14.6 Å². The van der Waals surface area contributed by atoms with Gasteiger partial charge in [-0.3, -0.25) is 4.79 Å². The summed E-state index contributed by atoms with van der Waals surface area (Å²) in [6.07, 6.45) is 0.853. The summed E-state index contributed by atoms with van der Waals surface area (Å²) in [5.41, 5.74) is 3.43. The minimum Gasteiger partial charge on any atom is -0.457 e. The van der Waals surface area contributed by atoms with Crippen LogP contribution in [0.2, 0.25) is 0 Å². The highest BCUT2D eigenvalue weighted by Crippen LogP contribution is 2.35. The second kappa shape index (κ2) is 7.05. The SMILES string of the molecule is O=Cc1ccc(Oc2ccc(F)cc2)cc1N1CC(c2nc3ccccc3[nH]2)C1. The molecule has 4 aromatic rings. The highest BCUT2D eigenvalue weighted by atomic mass is 19.1. The van der Waals surface area contributed by atoms with E-state index in [4.69, 9.17) is 4.74 Å². The number of rotatable bonds is 5. The number of anilines is 1. The normalized spacial score (nSPS) is 14.0. The first-order valence-electron chi connectivity index (χ1n) is 9.42. The third kappa shape index (κ3) is 3.33. The summed E-state index contributed by atoms with van der Waals surface area (Å²) in [5, 5.41) is 0. The van der Waals surface area contributed by atoms with Gasteiger partial charge in [0.25, 0.3) is 0 Å². The minimum absolute atomic E-state index is 0.281. The number of ether oxygens (including phenoxy) is 1. The Morgan fingerprint density at radius 2 is 1.79 bits per heavy atom. The molecule has 29 heavy (non-hydrogen) atoms. The van der Waals surface area contributed by atoms with E-state index in [1.54, 1.807) is 24.3 Å². The number of carbonyl (C=O) groups is 1. The van der Waals surface area contributed by atoms with Crippen LogP contribution in [0, 0.1) is 5.82 Å². The molecule has 1 aliphatic rings. The van der Waals surface area contributed by atoms with Crippen LogP contribution >= 0.6 is 0 Å². The summed E-state index contributed by atoms with van der Waals surface area (Å²) in [7, 11) is 0. The second-order valence-electron chi connectivity index (χ2n) is 7.14. The maximum atomic E-state index is 13.1. The van der Waals surface area contributed by atoms with Crippen molar-refractivity contribution >= 4 is 23.0 Å². The smallest absolute Gasteiger partial charge is 0.152 e. The van der Waals surface area contributed by atoms with Crippen LogP contribution in [0.5, 0.6) is 11.5 Å². The summed E-state index contributed by atoms with van der Waals surface area (Å²) in [4.78, 5) is 21.7. The number of nitrogens with one attached hydrogen (secondary N) is 1. The lowest BCUT2D eigenvalue weighted by atomic mass is 9.97. The predicted molar refractivity (Wildman–Crippen MR) is 109 cm³/mol. The van der Waals surface area contributed by atoms with Gasteiger partial charge in [0.2, 0.25) is 0 Å². The number of hydrogen-bond donors (Lipinski definition) is 1. The van der Waals surface area contributed by atoms with E-state index in [1.165, 1.54) is 12.1 Å². The molecule has 144 valence electrons. The number of carbonyl (C=O) groups excluding carboxylic acids is 1. The van der Waals surface area contributed by atoms with Crippen molar-refractivity contribution < 1.29 is 13.9 Å². The fourth-order valence-electron chi connectivity index (χ4n) is 3.61. The van der Waals surface area contributed by atoms with E-state index < -0.39 is 0 Å². The van der Waals surface area contributed by atoms with E-state index in [-0.39, 0.29) is 11.7 Å². The van der Waals surface area contributed by atoms with Crippen LogP contribution in [0.1, 0.15) is 22.1 Å². The molecule has 0 radical (unpaired) electrons. The number of aldehydes is 1. The summed E-state index contributed by atoms with van der Waals surface area (Å²) in [6.45, 7) is 1.53. The van der Waals surface area contributed by atoms with Crippen molar-refractivity contribution in [2.45, 2.75) is 5.92 Å². The standard InChI is InChI=1S/C23H18FN3O2/c24-17-6-9-18(10-7-17)29-19-8-5-15(14-28)22(11-19)27-12-16(13-27)23-25-20-3-1-2-4-21(20)26-23/h1-11,14,16H,12-13H2,(H,25,26). The Balaban J connectivity index is 1.35. The highest BCUT2D eigenvalue weighted by Gasteiger charge is 2.32. The molecule has 1 N–H and O–H groups in total. The third-order valence-electron chi connectivity index (χ3n) is 5.19. The van der Waals surface area contributed by atoms with Gasteiger partial charge in [-0.05, 0) is 48.5 Å². The van der Waals surface area contributed by atoms with Gasteiger partial charge in [0.15, 0.2) is 6.29 Å². The number of nitrogens with zero attached hydrogens (tertiary/aromatic N) is 2. The number of hydrogen-bond acceptors (Lipinski definition) is 4. The molecule has 5 rings (SSSR count). The summed E-state index contributed by atoms with van der Waals surface area (Å²) >= 11 is 0. The monoisotopic (exact) mass is 387 g/mol. The van der Waals surface area contributed by atoms with Crippen LogP contribution < -0.4 is 9.64 Å². The number of benzene rings is 3. The molecule has 1 saturated heterocycles. The third-order valence-corrected chi connectivity index (χ3v) is 5.19. The topological polar surface area (TPSA) is 58.2 Å². The number of aromatic amines is 1. The van der Waals surface area contributed by atoms with Crippen LogP contribution in [-0.4, -0.2) is 29.3 Å². The molecule has 0 amide bonds. The van der Waals surface area contributed by atoms with Crippen molar-refractivity contribution in [3.63, 3.8) is 0 Å². The molecule has 6 heteroatoms. The second-order valence-corrected chi connectivity index (χ2v) is 7.14. The van der Waals surface area contributed by atoms with E-state index in [1.807, 2.05) is 30.3 Å². The molecule has 2 heterocycles. The maximum absolute atomic E-state index is 13.1. The average Bonchev–Trinajstić information content (AvgIpc) is 3.12. The molecule has 0 atom stereocenters. The zero-order chi connectivity index (χ0) is 19.8. The van der Waals surface area contributed by atoms with E-state index >= 15 is 0 Å². The summed E-state index contributed by atoms with van der Waals surface area (Å²) in [5.74, 6) is 2.08. The van der Waals surface area contributed by atoms with E-state index in [0.717, 1.165) is 41.9 Å². The molecule has 0 bridgehead atoms. The quantitative estimate of drug-likeness (QED) is 0.494. The van der Waals surface area contributed by atoms with Gasteiger partial charge in [-0.15, -0.1) is 0 Å². The number of halogens is 1. The predicted octanol–water partition coefficient (Wildman–Crippen LogP) is 4.91. The van der Waals surface area contributed by atoms with Crippen molar-refractivity contribution in [2.75, 3.05) is 18.0 Å². The maximum Gasteiger partial charge on any atom is 0.152 e. The van der Waals surface area contributed by atoms with Crippen molar-refractivity contribution in [2.24, 2.45) is 0 Å². The molecule has 0 unspecified atom stereocenters. The molecule has 0 spiro atoms. The van der Waals surface area contributed by atoms with Gasteiger partial charge in [0.1, 0.15) is 23.1 Å². The first-order valence-corrected chi connectivity index (χ1v) is 9.42. The molecule has 0 aliphatic carbocycles. The Kier molecular flexibility index (Phi) is 4.24. The van der Waals surface area contributed by atoms with Crippen LogP contribution in [0.4, 0.5) is 10.1 Å². The van der Waals surface area contributed by atoms with Gasteiger partial charge in [-0.1, -0.05) is 12.1 Å². The molecule has 1 aromatic heterocycles. The van der Waals surface area contributed by atoms with Crippen molar-refractivity contribution in [1.29, 1.82) is 0 Å². The lowest BCUT2D eigenvalue weighted by Crippen LogP contribution is -2.46. The van der Waals surface area contributed by atoms with Crippen LogP contribution in [0.15, 0.2) is 66.7 Å². The minimum atomic E-state index is -0.313. The first kappa shape index (κ1) is 17.4. The Hall–Kier alpha value is -3.67. The Morgan fingerprint density at radius 1 is 1.03 bits per heavy atom. The molecule has 1 aliphatic heterocycles. The zero-order valence-electron chi connectivity index (χ0n) is 15.5. The van der Waals surface area contributed by atoms with Crippen molar-refractivity contribution in [3.05, 3.63) is 83.9 Å². The first-order chi connectivity index (χ1) is 14.2. The van der Waals surface area contributed by atoms with Crippen molar-refractivity contribution in [1.82, 2.24) is 9.97 Å². The number of H-pyrrole nitrogens is 1. The average molecular weight is 387 g/mol. The van der Waals surface area contributed by atoms with E-state index in [0.29, 0.717) is 17.1 Å². The molecular weight excluding hydrogens is 369 g/mol. The Morgan fingerprint density at radius 3 is 2.55 bits per heavy atom. The van der Waals surface area contributed by atoms with E-state index in [2.05, 4.69) is 14.9 Å². The molecule has 3 aromatic carbocycles. The number of imidazole rings is 1. The van der Waals surface area contributed by atoms with Crippen LogP contribution in [0.25, 0.3) is 11.0 Å². The van der Waals surface area contributed by atoms with Gasteiger partial charge >= 0.3 is 0 Å². The zero-order valence-corrected chi connectivity index (χ0v) is 15.5. The van der Waals surface area contributed by atoms with Gasteiger partial charge in [0.05, 0.1) is 22.6 Å². The Labute approximate surface area is 166 Å². The number of aromatic nitrogens is 2. The fourth-order valence-corrected chi connectivity index (χ4v) is 3.61. The molecule has 5 nitrogen and oxygen atoms in total. The lowest BCUT2D eigenvalue weighted by molar-refractivity contribution is 0.112. The van der Waals surface area contributed by atoms with Gasteiger partial charge in [0, 0.05) is 24.7 Å². The van der Waals surface area contributed by atoms with Gasteiger partial charge in [-0.2, -0.15) is 0 Å². The van der Waals surface area contributed by atoms with Crippen LogP contribution in [0.3, 0.4) is 0 Å². The number of fused-ring (bicyclic) bond motifs is 1. The summed E-state index contributed by atoms with van der Waals surface area (Å²) in [6, 6.07) is 19.2. The summed E-state index contributed by atoms with van der Waals surface area (Å²) < 4.78 is 18.9. The lowest BCUT2D eigenvalue weighted by Gasteiger charge is -2.40. The molecular formula is C23H18FN3O2. The van der Waals surface area contributed by atoms with Crippen molar-refractivity contribution in [3.8, 4) is 11.5 Å². The van der Waals surface area contributed by atoms with Crippen LogP contribution in [-0.2, 0) is 0 Å². The Bertz CT molecular complexity index is 1150. The molecule has 0 saturated carbocycles. The van der Waals surface area contributed by atoms with Gasteiger partial charge in [-0.25, -0.2) is 9.37 Å².